The average molecular weight is 253 g/mol. The smallest absolute Gasteiger partial charge is 0.253 e. The van der Waals surface area contributed by atoms with Crippen LogP contribution in [0, 0.1) is 19.8 Å². The fourth-order valence-corrected chi connectivity index (χ4v) is 1.95. The maximum atomic E-state index is 12.6. The average Bonchev–Trinajstić information content (AvgIpc) is 2.89. The van der Waals surface area contributed by atoms with Gasteiger partial charge in [0.1, 0.15) is 0 Å². The Labute approximate surface area is 105 Å². The molecular formula is C14H17F2NO. The van der Waals surface area contributed by atoms with Crippen LogP contribution in [0.2, 0.25) is 0 Å². The molecule has 1 aliphatic carbocycles. The number of alkyl halides is 2. The van der Waals surface area contributed by atoms with E-state index in [1.165, 1.54) is 0 Å². The Morgan fingerprint density at radius 3 is 2.72 bits per heavy atom. The first kappa shape index (κ1) is 13.0. The quantitative estimate of drug-likeness (QED) is 0.878. The van der Waals surface area contributed by atoms with Crippen LogP contribution in [0.25, 0.3) is 0 Å². The largest absolute Gasteiger partial charge is 0.355 e. The van der Waals surface area contributed by atoms with Gasteiger partial charge < -0.3 is 5.32 Å². The van der Waals surface area contributed by atoms with Gasteiger partial charge in [0.2, 0.25) is 5.91 Å². The van der Waals surface area contributed by atoms with Gasteiger partial charge in [-0.3, -0.25) is 4.79 Å². The van der Waals surface area contributed by atoms with Crippen LogP contribution >= 0.6 is 0 Å². The van der Waals surface area contributed by atoms with E-state index in [2.05, 4.69) is 5.32 Å². The zero-order chi connectivity index (χ0) is 13.3. The van der Waals surface area contributed by atoms with E-state index < -0.39 is 11.8 Å². The summed E-state index contributed by atoms with van der Waals surface area (Å²) in [4.78, 5) is 11.7. The third-order valence-electron chi connectivity index (χ3n) is 3.36. The lowest BCUT2D eigenvalue weighted by molar-refractivity contribution is -0.120. The van der Waals surface area contributed by atoms with Gasteiger partial charge in [-0.1, -0.05) is 23.8 Å². The first-order valence-corrected chi connectivity index (χ1v) is 6.09. The number of carbonyl (C=O) groups is 1. The van der Waals surface area contributed by atoms with Gasteiger partial charge in [0, 0.05) is 18.9 Å². The summed E-state index contributed by atoms with van der Waals surface area (Å²) in [5.74, 6) is -3.42. The van der Waals surface area contributed by atoms with Crippen LogP contribution in [-0.2, 0) is 11.2 Å². The zero-order valence-electron chi connectivity index (χ0n) is 10.6. The van der Waals surface area contributed by atoms with Crippen LogP contribution in [-0.4, -0.2) is 18.4 Å². The second kappa shape index (κ2) is 4.67. The van der Waals surface area contributed by atoms with Gasteiger partial charge in [0.15, 0.2) is 0 Å². The van der Waals surface area contributed by atoms with Crippen molar-refractivity contribution in [3.05, 3.63) is 34.9 Å². The summed E-state index contributed by atoms with van der Waals surface area (Å²) in [7, 11) is 0. The molecule has 0 bridgehead atoms. The lowest BCUT2D eigenvalue weighted by Crippen LogP contribution is -2.28. The first-order chi connectivity index (χ1) is 8.38. The number of carbonyl (C=O) groups excluding carboxylic acids is 1. The van der Waals surface area contributed by atoms with Crippen molar-refractivity contribution < 1.29 is 13.6 Å². The monoisotopic (exact) mass is 253 g/mol. The van der Waals surface area contributed by atoms with Crippen LogP contribution in [0.4, 0.5) is 8.78 Å². The maximum Gasteiger partial charge on any atom is 0.253 e. The summed E-state index contributed by atoms with van der Waals surface area (Å²) in [6.07, 6.45) is 0.155. The third-order valence-corrected chi connectivity index (χ3v) is 3.36. The number of amides is 1. The van der Waals surface area contributed by atoms with Crippen molar-refractivity contribution in [1.29, 1.82) is 0 Å². The van der Waals surface area contributed by atoms with E-state index in [1.54, 1.807) is 0 Å². The minimum absolute atomic E-state index is 0.0801. The van der Waals surface area contributed by atoms with Gasteiger partial charge in [-0.15, -0.1) is 0 Å². The molecule has 2 rings (SSSR count). The molecule has 0 radical (unpaired) electrons. The van der Waals surface area contributed by atoms with Crippen LogP contribution < -0.4 is 5.32 Å². The topological polar surface area (TPSA) is 29.1 Å². The lowest BCUT2D eigenvalue weighted by Gasteiger charge is -2.08. The van der Waals surface area contributed by atoms with E-state index in [-0.39, 0.29) is 25.3 Å². The molecule has 0 saturated heterocycles. The van der Waals surface area contributed by atoms with Crippen LogP contribution in [0.5, 0.6) is 0 Å². The van der Waals surface area contributed by atoms with E-state index >= 15 is 0 Å². The molecule has 1 saturated carbocycles. The van der Waals surface area contributed by atoms with Gasteiger partial charge in [-0.2, -0.15) is 0 Å². The number of halogens is 2. The summed E-state index contributed by atoms with van der Waals surface area (Å²) < 4.78 is 25.3. The summed E-state index contributed by atoms with van der Waals surface area (Å²) >= 11 is 0. The van der Waals surface area contributed by atoms with Crippen molar-refractivity contribution in [3.63, 3.8) is 0 Å². The molecule has 1 N–H and O–H groups in total. The molecule has 2 nitrogen and oxygen atoms in total. The molecule has 1 atom stereocenters. The fourth-order valence-electron chi connectivity index (χ4n) is 1.95. The van der Waals surface area contributed by atoms with Crippen LogP contribution in [0.15, 0.2) is 18.2 Å². The number of benzene rings is 1. The Kier molecular flexibility index (Phi) is 3.37. The molecule has 0 spiro atoms. The molecule has 1 aliphatic rings. The molecule has 1 amide bonds. The molecule has 4 heteroatoms. The zero-order valence-corrected chi connectivity index (χ0v) is 10.6. The first-order valence-electron chi connectivity index (χ1n) is 6.09. The molecule has 18 heavy (non-hydrogen) atoms. The Bertz CT molecular complexity index is 471. The Morgan fingerprint density at radius 1 is 1.44 bits per heavy atom. The highest BCUT2D eigenvalue weighted by Crippen LogP contribution is 2.47. The van der Waals surface area contributed by atoms with Crippen molar-refractivity contribution in [2.75, 3.05) is 6.54 Å². The number of hydrogen-bond acceptors (Lipinski definition) is 1. The van der Waals surface area contributed by atoms with E-state index in [1.807, 2.05) is 32.0 Å². The predicted octanol–water partition coefficient (Wildman–Crippen LogP) is 2.62. The van der Waals surface area contributed by atoms with Crippen molar-refractivity contribution in [2.24, 2.45) is 5.92 Å². The van der Waals surface area contributed by atoms with Gasteiger partial charge in [-0.05, 0) is 25.0 Å². The van der Waals surface area contributed by atoms with Gasteiger partial charge in [0.25, 0.3) is 5.92 Å². The van der Waals surface area contributed by atoms with Crippen molar-refractivity contribution in [1.82, 2.24) is 5.32 Å². The normalized spacial score (nSPS) is 20.6. The lowest BCUT2D eigenvalue weighted by atomic mass is 10.0. The molecule has 1 fully saturated rings. The Hall–Kier alpha value is -1.45. The fraction of sp³-hybridized carbons (Fsp3) is 0.500. The minimum Gasteiger partial charge on any atom is -0.355 e. The predicted molar refractivity (Wildman–Crippen MR) is 65.7 cm³/mol. The molecule has 1 aromatic carbocycles. The molecule has 0 aromatic heterocycles. The SMILES string of the molecule is Cc1ccc(C)c(CC(=O)NCC2CC2(F)F)c1. The summed E-state index contributed by atoms with van der Waals surface area (Å²) in [6.45, 7) is 3.99. The number of aryl methyl sites for hydroxylation is 2. The highest BCUT2D eigenvalue weighted by atomic mass is 19.3. The van der Waals surface area contributed by atoms with Gasteiger partial charge in [0.05, 0.1) is 6.42 Å². The van der Waals surface area contributed by atoms with Crippen LogP contribution in [0.3, 0.4) is 0 Å². The summed E-state index contributed by atoms with van der Waals surface area (Å²) in [5, 5.41) is 2.58. The van der Waals surface area contributed by atoms with E-state index in [0.717, 1.165) is 16.7 Å². The van der Waals surface area contributed by atoms with Gasteiger partial charge >= 0.3 is 0 Å². The van der Waals surface area contributed by atoms with Crippen molar-refractivity contribution in [2.45, 2.75) is 32.6 Å². The number of nitrogens with one attached hydrogen (secondary N) is 1. The van der Waals surface area contributed by atoms with E-state index in [0.29, 0.717) is 0 Å². The maximum absolute atomic E-state index is 12.6. The summed E-state index contributed by atoms with van der Waals surface area (Å²) in [5.41, 5.74) is 3.10. The van der Waals surface area contributed by atoms with Crippen molar-refractivity contribution >= 4 is 5.91 Å². The molecule has 0 aliphatic heterocycles. The molecule has 0 heterocycles. The van der Waals surface area contributed by atoms with E-state index in [4.69, 9.17) is 0 Å². The Morgan fingerprint density at radius 2 is 2.11 bits per heavy atom. The second-order valence-corrected chi connectivity index (χ2v) is 5.07. The highest BCUT2D eigenvalue weighted by Gasteiger charge is 2.56. The van der Waals surface area contributed by atoms with E-state index in [9.17, 15) is 13.6 Å². The third kappa shape index (κ3) is 3.06. The second-order valence-electron chi connectivity index (χ2n) is 5.07. The molecule has 1 unspecified atom stereocenters. The standard InChI is InChI=1S/C14H17F2NO/c1-9-3-4-10(2)11(5-9)6-13(18)17-8-12-7-14(12,15)16/h3-5,12H,6-8H2,1-2H3,(H,17,18). The summed E-state index contributed by atoms with van der Waals surface area (Å²) in [6, 6.07) is 5.91. The molecule has 1 aromatic rings. The van der Waals surface area contributed by atoms with Crippen molar-refractivity contribution in [3.8, 4) is 0 Å². The Balaban J connectivity index is 1.85. The highest BCUT2D eigenvalue weighted by molar-refractivity contribution is 5.79. The molecular weight excluding hydrogens is 236 g/mol. The van der Waals surface area contributed by atoms with Gasteiger partial charge in [-0.25, -0.2) is 8.78 Å². The molecule has 98 valence electrons. The minimum atomic E-state index is -2.56. The number of rotatable bonds is 4. The van der Waals surface area contributed by atoms with Crippen LogP contribution in [0.1, 0.15) is 23.1 Å². The number of hydrogen-bond donors (Lipinski definition) is 1.